The molecule has 1 amide bonds. The molecule has 1 aromatic heterocycles. The second-order valence-corrected chi connectivity index (χ2v) is 11.7. The minimum absolute atomic E-state index is 0.214. The van der Waals surface area contributed by atoms with Crippen LogP contribution in [0.3, 0.4) is 0 Å². The fraction of sp³-hybridized carbons (Fsp3) is 0.182. The maximum Gasteiger partial charge on any atom is 0.238 e. The number of benzene rings is 3. The van der Waals surface area contributed by atoms with E-state index in [1.807, 2.05) is 72.7 Å². The highest BCUT2D eigenvalue weighted by atomic mass is 32.1. The summed E-state index contributed by atoms with van der Waals surface area (Å²) in [5.41, 5.74) is 4.04. The van der Waals surface area contributed by atoms with Crippen LogP contribution in [0.2, 0.25) is 0 Å². The third kappa shape index (κ3) is 3.27. The van der Waals surface area contributed by atoms with Gasteiger partial charge in [-0.25, -0.2) is 4.39 Å². The highest BCUT2D eigenvalue weighted by molar-refractivity contribution is 7.12. The molecule has 5 nitrogen and oxygen atoms in total. The second kappa shape index (κ2) is 8.83. The van der Waals surface area contributed by atoms with Gasteiger partial charge in [-0.15, -0.1) is 11.3 Å². The Balaban J connectivity index is 1.56. The molecule has 0 bridgehead atoms. The Morgan fingerprint density at radius 2 is 1.73 bits per heavy atom. The molecule has 3 aliphatic heterocycles. The van der Waals surface area contributed by atoms with Crippen LogP contribution in [0.15, 0.2) is 90.3 Å². The van der Waals surface area contributed by atoms with Crippen molar-refractivity contribution in [3.8, 4) is 0 Å². The number of halogens is 1. The Morgan fingerprint density at radius 1 is 0.950 bits per heavy atom. The summed E-state index contributed by atoms with van der Waals surface area (Å²) < 4.78 is 13.9. The summed E-state index contributed by atoms with van der Waals surface area (Å²) >= 11 is 1.32. The predicted molar refractivity (Wildman–Crippen MR) is 155 cm³/mol. The number of hydrogen-bond acceptors (Lipinski definition) is 5. The van der Waals surface area contributed by atoms with Crippen LogP contribution in [0.1, 0.15) is 43.6 Å². The van der Waals surface area contributed by atoms with Gasteiger partial charge in [-0.1, -0.05) is 42.0 Å². The highest BCUT2D eigenvalue weighted by Crippen LogP contribution is 2.59. The Hall–Kier alpha value is -4.36. The zero-order chi connectivity index (χ0) is 27.8. The van der Waals surface area contributed by atoms with Crippen molar-refractivity contribution in [1.82, 2.24) is 0 Å². The second-order valence-electron chi connectivity index (χ2n) is 10.7. The minimum Gasteiger partial charge on any atom is -0.352 e. The van der Waals surface area contributed by atoms with Gasteiger partial charge in [0.1, 0.15) is 17.3 Å². The van der Waals surface area contributed by atoms with Gasteiger partial charge in [-0.05, 0) is 78.9 Å². The monoisotopic (exact) mass is 548 g/mol. The molecule has 0 aliphatic carbocycles. The van der Waals surface area contributed by atoms with E-state index in [1.54, 1.807) is 6.07 Å². The first-order valence-corrected chi connectivity index (χ1v) is 14.1. The average Bonchev–Trinajstić information content (AvgIpc) is 3.66. The van der Waals surface area contributed by atoms with E-state index in [-0.39, 0.29) is 23.0 Å². The summed E-state index contributed by atoms with van der Waals surface area (Å²) in [6.07, 6.45) is 2.04. The maximum absolute atomic E-state index is 14.7. The van der Waals surface area contributed by atoms with Gasteiger partial charge in [-0.3, -0.25) is 14.4 Å². The number of carbonyl (C=O) groups is 3. The van der Waals surface area contributed by atoms with Gasteiger partial charge in [0, 0.05) is 22.5 Å². The number of nitrogens with zero attached hydrogens (tertiary/aromatic N) is 1. The number of anilines is 2. The first-order chi connectivity index (χ1) is 19.3. The normalized spacial score (nSPS) is 24.3. The molecule has 1 saturated heterocycles. The molecule has 0 saturated carbocycles. The lowest BCUT2D eigenvalue weighted by Crippen LogP contribution is -2.51. The van der Waals surface area contributed by atoms with E-state index in [0.29, 0.717) is 16.1 Å². The van der Waals surface area contributed by atoms with E-state index in [4.69, 9.17) is 0 Å². The molecule has 0 radical (unpaired) electrons. The molecular weight excluding hydrogens is 523 g/mol. The van der Waals surface area contributed by atoms with Crippen LogP contribution in [-0.2, 0) is 10.2 Å². The fourth-order valence-corrected chi connectivity index (χ4v) is 7.60. The molecule has 0 unspecified atom stereocenters. The number of carbonyl (C=O) groups excluding carboxylic acids is 3. The Bertz CT molecular complexity index is 1740. The van der Waals surface area contributed by atoms with Gasteiger partial charge >= 0.3 is 0 Å². The standard InChI is InChI=1S/C33H25FN2O3S/c1-18-9-14-25-22(16-18)19(2)17-27-33(23-6-3-4-7-24(23)35-32(33)39)28(30(37)20-10-12-21(34)13-11-20)29(36(25)27)31(38)26-8-5-15-40-26/h3-17,27-29H,1-2H3,(H,35,39)/t27-,28-,29-,33+/m0/s1. The smallest absolute Gasteiger partial charge is 0.238 e. The van der Waals surface area contributed by atoms with Crippen LogP contribution in [-0.4, -0.2) is 29.6 Å². The quantitative estimate of drug-likeness (QED) is 0.298. The van der Waals surface area contributed by atoms with Crippen LogP contribution in [0, 0.1) is 18.7 Å². The molecule has 4 heterocycles. The third-order valence-corrected chi connectivity index (χ3v) is 9.46. The Morgan fingerprint density at radius 3 is 2.48 bits per heavy atom. The number of Topliss-reactive ketones (excluding diaryl/α,β-unsaturated/α-hetero) is 2. The predicted octanol–water partition coefficient (Wildman–Crippen LogP) is 6.44. The lowest BCUT2D eigenvalue weighted by molar-refractivity contribution is -0.121. The zero-order valence-electron chi connectivity index (χ0n) is 21.9. The number of para-hydroxylation sites is 1. The maximum atomic E-state index is 14.7. The van der Waals surface area contributed by atoms with Gasteiger partial charge in [0.05, 0.1) is 16.8 Å². The van der Waals surface area contributed by atoms with Crippen molar-refractivity contribution < 1.29 is 18.8 Å². The van der Waals surface area contributed by atoms with Crippen molar-refractivity contribution >= 4 is 45.8 Å². The van der Waals surface area contributed by atoms with Gasteiger partial charge in [0.15, 0.2) is 11.6 Å². The fourth-order valence-electron chi connectivity index (χ4n) is 6.90. The molecule has 1 spiro atoms. The van der Waals surface area contributed by atoms with E-state index in [2.05, 4.69) is 11.4 Å². The van der Waals surface area contributed by atoms with Crippen LogP contribution < -0.4 is 10.2 Å². The van der Waals surface area contributed by atoms with Crippen LogP contribution in [0.25, 0.3) is 5.57 Å². The van der Waals surface area contributed by atoms with Crippen molar-refractivity contribution in [3.05, 3.63) is 123 Å². The number of ketones is 2. The van der Waals surface area contributed by atoms with E-state index < -0.39 is 29.2 Å². The van der Waals surface area contributed by atoms with Crippen LogP contribution in [0.4, 0.5) is 15.8 Å². The molecule has 7 rings (SSSR count). The Kier molecular flexibility index (Phi) is 5.44. The number of rotatable bonds is 4. The molecule has 4 aromatic rings. The van der Waals surface area contributed by atoms with Crippen LogP contribution >= 0.6 is 11.3 Å². The van der Waals surface area contributed by atoms with Crippen molar-refractivity contribution in [2.24, 2.45) is 5.92 Å². The zero-order valence-corrected chi connectivity index (χ0v) is 22.7. The number of amides is 1. The molecule has 3 aromatic carbocycles. The number of thiophene rings is 1. The molecule has 1 fully saturated rings. The molecule has 4 atom stereocenters. The number of fused-ring (bicyclic) bond motifs is 6. The van der Waals surface area contributed by atoms with Crippen molar-refractivity contribution in [3.63, 3.8) is 0 Å². The first kappa shape index (κ1) is 24.7. The topological polar surface area (TPSA) is 66.5 Å². The summed E-state index contributed by atoms with van der Waals surface area (Å²) in [7, 11) is 0. The highest BCUT2D eigenvalue weighted by Gasteiger charge is 2.70. The third-order valence-electron chi connectivity index (χ3n) is 8.58. The van der Waals surface area contributed by atoms with Gasteiger partial charge in [-0.2, -0.15) is 0 Å². The summed E-state index contributed by atoms with van der Waals surface area (Å²) in [6.45, 7) is 4.02. The Labute approximate surface area is 235 Å². The van der Waals surface area contributed by atoms with Gasteiger partial charge in [0.2, 0.25) is 5.91 Å². The molecule has 198 valence electrons. The summed E-state index contributed by atoms with van der Waals surface area (Å²) in [5.74, 6) is -2.43. The number of aryl methyl sites for hydroxylation is 1. The number of allylic oxidation sites excluding steroid dienone is 1. The van der Waals surface area contributed by atoms with E-state index in [9.17, 15) is 18.8 Å². The molecular formula is C33H25FN2O3S. The largest absolute Gasteiger partial charge is 0.352 e. The van der Waals surface area contributed by atoms with Gasteiger partial charge in [0.25, 0.3) is 0 Å². The van der Waals surface area contributed by atoms with Crippen molar-refractivity contribution in [1.29, 1.82) is 0 Å². The number of hydrogen-bond donors (Lipinski definition) is 1. The minimum atomic E-state index is -1.39. The van der Waals surface area contributed by atoms with Crippen LogP contribution in [0.5, 0.6) is 0 Å². The molecule has 3 aliphatic rings. The molecule has 1 N–H and O–H groups in total. The summed E-state index contributed by atoms with van der Waals surface area (Å²) in [4.78, 5) is 46.0. The molecule has 40 heavy (non-hydrogen) atoms. The van der Waals surface area contributed by atoms with Crippen molar-refractivity contribution in [2.75, 3.05) is 10.2 Å². The van der Waals surface area contributed by atoms with E-state index in [0.717, 1.165) is 22.4 Å². The van der Waals surface area contributed by atoms with Gasteiger partial charge < -0.3 is 10.2 Å². The lowest BCUT2D eigenvalue weighted by Gasteiger charge is -2.39. The van der Waals surface area contributed by atoms with Crippen molar-refractivity contribution in [2.45, 2.75) is 31.3 Å². The number of nitrogens with one attached hydrogen (secondary N) is 1. The lowest BCUT2D eigenvalue weighted by atomic mass is 9.64. The summed E-state index contributed by atoms with van der Waals surface area (Å²) in [6, 6.07) is 20.8. The average molecular weight is 549 g/mol. The summed E-state index contributed by atoms with van der Waals surface area (Å²) in [5, 5.41) is 4.87. The SMILES string of the molecule is CC1=C[C@@H]2N(c3ccc(C)cc31)[C@H](C(=O)c1cccs1)[C@@H](C(=O)c1ccc(F)cc1)[C@]21C(=O)Nc2ccccc21. The van der Waals surface area contributed by atoms with E-state index in [1.165, 1.54) is 35.6 Å². The first-order valence-electron chi connectivity index (χ1n) is 13.2. The molecule has 7 heteroatoms. The van der Waals surface area contributed by atoms with E-state index >= 15 is 0 Å².